The quantitative estimate of drug-likeness (QED) is 0.883. The van der Waals surface area contributed by atoms with Crippen LogP contribution in [-0.2, 0) is 13.0 Å². The fourth-order valence-electron chi connectivity index (χ4n) is 1.93. The van der Waals surface area contributed by atoms with Gasteiger partial charge in [-0.1, -0.05) is 31.9 Å². The van der Waals surface area contributed by atoms with Crippen LogP contribution in [0.3, 0.4) is 0 Å². The summed E-state index contributed by atoms with van der Waals surface area (Å²) in [6, 6.07) is 4.20. The number of hydrogen-bond donors (Lipinski definition) is 1. The predicted molar refractivity (Wildman–Crippen MR) is 77.7 cm³/mol. The Morgan fingerprint density at radius 3 is 2.79 bits per heavy atom. The maximum absolute atomic E-state index is 5.91. The van der Waals surface area contributed by atoms with E-state index in [9.17, 15) is 0 Å². The lowest BCUT2D eigenvalue weighted by Gasteiger charge is -2.09. The molecule has 0 fully saturated rings. The monoisotopic (exact) mass is 278 g/mol. The van der Waals surface area contributed by atoms with Crippen LogP contribution in [0.5, 0.6) is 0 Å². The molecule has 0 aliphatic carbocycles. The lowest BCUT2D eigenvalue weighted by Crippen LogP contribution is -2.13. The van der Waals surface area contributed by atoms with Crippen molar-refractivity contribution in [2.45, 2.75) is 33.2 Å². The number of aryl methyl sites for hydroxylation is 1. The lowest BCUT2D eigenvalue weighted by molar-refractivity contribution is 0.718. The summed E-state index contributed by atoms with van der Waals surface area (Å²) >= 11 is 5.91. The van der Waals surface area contributed by atoms with Crippen LogP contribution in [0.25, 0.3) is 5.82 Å². The first-order valence-electron chi connectivity index (χ1n) is 6.64. The van der Waals surface area contributed by atoms with Crippen LogP contribution in [0.2, 0.25) is 5.02 Å². The van der Waals surface area contributed by atoms with Gasteiger partial charge >= 0.3 is 0 Å². The van der Waals surface area contributed by atoms with Crippen LogP contribution in [0, 0.1) is 0 Å². The first-order valence-corrected chi connectivity index (χ1v) is 7.01. The molecule has 4 nitrogen and oxygen atoms in total. The maximum Gasteiger partial charge on any atom is 0.153 e. The summed E-state index contributed by atoms with van der Waals surface area (Å²) in [4.78, 5) is 4.63. The third-order valence-electron chi connectivity index (χ3n) is 2.80. The van der Waals surface area contributed by atoms with Crippen LogP contribution >= 0.6 is 11.6 Å². The largest absolute Gasteiger partial charge is 0.313 e. The van der Waals surface area contributed by atoms with Crippen molar-refractivity contribution in [3.8, 4) is 5.82 Å². The molecule has 2 heterocycles. The van der Waals surface area contributed by atoms with Gasteiger partial charge in [-0.15, -0.1) is 0 Å². The van der Waals surface area contributed by atoms with Gasteiger partial charge in [0, 0.05) is 12.2 Å². The van der Waals surface area contributed by atoms with E-state index in [2.05, 4.69) is 35.3 Å². The smallest absolute Gasteiger partial charge is 0.153 e. The molecule has 0 bridgehead atoms. The molecular weight excluding hydrogens is 260 g/mol. The predicted octanol–water partition coefficient (Wildman–Crippen LogP) is 2.98. The van der Waals surface area contributed by atoms with E-state index in [-0.39, 0.29) is 0 Å². The van der Waals surface area contributed by atoms with Crippen LogP contribution in [-0.4, -0.2) is 21.3 Å². The molecule has 5 heteroatoms. The van der Waals surface area contributed by atoms with E-state index in [4.69, 9.17) is 11.6 Å². The number of nitrogens with one attached hydrogen (secondary N) is 1. The van der Waals surface area contributed by atoms with Crippen molar-refractivity contribution in [3.05, 3.63) is 40.8 Å². The van der Waals surface area contributed by atoms with Gasteiger partial charge in [-0.05, 0) is 30.7 Å². The van der Waals surface area contributed by atoms with Crippen molar-refractivity contribution in [1.29, 1.82) is 0 Å². The summed E-state index contributed by atoms with van der Waals surface area (Å²) in [6.45, 7) is 6.05. The highest BCUT2D eigenvalue weighted by Gasteiger charge is 2.06. The van der Waals surface area contributed by atoms with E-state index in [1.54, 1.807) is 17.1 Å². The topological polar surface area (TPSA) is 42.7 Å². The van der Waals surface area contributed by atoms with E-state index in [0.717, 1.165) is 37.4 Å². The van der Waals surface area contributed by atoms with Gasteiger partial charge in [0.05, 0.1) is 17.4 Å². The lowest BCUT2D eigenvalue weighted by atomic mass is 10.1. The second-order valence-electron chi connectivity index (χ2n) is 4.46. The van der Waals surface area contributed by atoms with Crippen LogP contribution in [0.15, 0.2) is 24.5 Å². The van der Waals surface area contributed by atoms with Gasteiger partial charge < -0.3 is 5.32 Å². The van der Waals surface area contributed by atoms with E-state index in [0.29, 0.717) is 5.02 Å². The van der Waals surface area contributed by atoms with Crippen LogP contribution in [0.1, 0.15) is 31.5 Å². The number of pyridine rings is 1. The normalized spacial score (nSPS) is 10.9. The Balaban J connectivity index is 2.33. The summed E-state index contributed by atoms with van der Waals surface area (Å²) < 4.78 is 1.72. The average Bonchev–Trinajstić information content (AvgIpc) is 2.83. The number of hydrogen-bond acceptors (Lipinski definition) is 3. The highest BCUT2D eigenvalue weighted by molar-refractivity contribution is 6.30. The first kappa shape index (κ1) is 14.0. The van der Waals surface area contributed by atoms with Crippen molar-refractivity contribution in [1.82, 2.24) is 20.1 Å². The van der Waals surface area contributed by atoms with Crippen molar-refractivity contribution in [2.24, 2.45) is 0 Å². The van der Waals surface area contributed by atoms with Gasteiger partial charge in [-0.3, -0.25) is 0 Å². The van der Waals surface area contributed by atoms with E-state index in [1.165, 1.54) is 5.56 Å². The Kier molecular flexibility index (Phi) is 4.93. The highest BCUT2D eigenvalue weighted by Crippen LogP contribution is 2.14. The van der Waals surface area contributed by atoms with Gasteiger partial charge in [-0.25, -0.2) is 9.67 Å². The van der Waals surface area contributed by atoms with Gasteiger partial charge in [0.1, 0.15) is 0 Å². The molecule has 2 aromatic heterocycles. The zero-order chi connectivity index (χ0) is 13.7. The molecule has 0 radical (unpaired) electrons. The minimum absolute atomic E-state index is 0.621. The van der Waals surface area contributed by atoms with Gasteiger partial charge in [0.25, 0.3) is 0 Å². The van der Waals surface area contributed by atoms with Crippen LogP contribution < -0.4 is 5.32 Å². The number of halogens is 1. The molecule has 0 spiro atoms. The van der Waals surface area contributed by atoms with Crippen molar-refractivity contribution in [2.75, 3.05) is 6.54 Å². The molecule has 0 aromatic carbocycles. The fraction of sp³-hybridized carbons (Fsp3) is 0.429. The maximum atomic E-state index is 5.91. The first-order chi connectivity index (χ1) is 9.22. The van der Waals surface area contributed by atoms with Gasteiger partial charge in [0.2, 0.25) is 0 Å². The van der Waals surface area contributed by atoms with Crippen LogP contribution in [0.4, 0.5) is 0 Å². The SMILES string of the molecule is CCCc1cc(CNCC)cc(-n2cc(Cl)cn2)n1. The molecule has 0 saturated carbocycles. The van der Waals surface area contributed by atoms with E-state index >= 15 is 0 Å². The summed E-state index contributed by atoms with van der Waals surface area (Å²) in [5, 5.41) is 8.17. The highest BCUT2D eigenvalue weighted by atomic mass is 35.5. The standard InChI is InChI=1S/C14H19ClN4/c1-3-5-13-6-11(8-16-4-2)7-14(18-13)19-10-12(15)9-17-19/h6-7,9-10,16H,3-5,8H2,1-2H3. The molecule has 2 aromatic rings. The number of nitrogens with zero attached hydrogens (tertiary/aromatic N) is 3. The van der Waals surface area contributed by atoms with E-state index < -0.39 is 0 Å². The second-order valence-corrected chi connectivity index (χ2v) is 4.89. The summed E-state index contributed by atoms with van der Waals surface area (Å²) in [5.41, 5.74) is 2.32. The summed E-state index contributed by atoms with van der Waals surface area (Å²) in [6.07, 6.45) is 5.45. The molecule has 0 aliphatic heterocycles. The molecule has 1 N–H and O–H groups in total. The Hall–Kier alpha value is -1.39. The molecule has 0 atom stereocenters. The molecule has 102 valence electrons. The van der Waals surface area contributed by atoms with Gasteiger partial charge in [-0.2, -0.15) is 5.10 Å². The summed E-state index contributed by atoms with van der Waals surface area (Å²) in [7, 11) is 0. The molecule has 0 amide bonds. The Morgan fingerprint density at radius 1 is 1.32 bits per heavy atom. The molecule has 19 heavy (non-hydrogen) atoms. The second kappa shape index (κ2) is 6.68. The van der Waals surface area contributed by atoms with Crippen molar-refractivity contribution in [3.63, 3.8) is 0 Å². The van der Waals surface area contributed by atoms with Crippen molar-refractivity contribution >= 4 is 11.6 Å². The molecular formula is C14H19ClN4. The number of aromatic nitrogens is 3. The Morgan fingerprint density at radius 2 is 2.16 bits per heavy atom. The molecule has 0 unspecified atom stereocenters. The zero-order valence-corrected chi connectivity index (χ0v) is 12.1. The third-order valence-corrected chi connectivity index (χ3v) is 2.99. The Bertz CT molecular complexity index is 536. The average molecular weight is 279 g/mol. The fourth-order valence-corrected chi connectivity index (χ4v) is 2.07. The third kappa shape index (κ3) is 3.78. The molecule has 2 rings (SSSR count). The minimum atomic E-state index is 0.621. The number of rotatable bonds is 6. The van der Waals surface area contributed by atoms with Gasteiger partial charge in [0.15, 0.2) is 5.82 Å². The zero-order valence-electron chi connectivity index (χ0n) is 11.4. The molecule has 0 saturated heterocycles. The summed E-state index contributed by atoms with van der Waals surface area (Å²) in [5.74, 6) is 0.825. The minimum Gasteiger partial charge on any atom is -0.313 e. The van der Waals surface area contributed by atoms with E-state index in [1.807, 2.05) is 6.07 Å². The van der Waals surface area contributed by atoms with Crippen molar-refractivity contribution < 1.29 is 0 Å². The Labute approximate surface area is 118 Å². The molecule has 0 aliphatic rings.